The SMILES string of the molecule is CC[C@H](CO)NC(=O)c1nc2c3c4c(sc3ncn2n1)CC[C@@H](C)C4. The average molecular weight is 359 g/mol. The van der Waals surface area contributed by atoms with Crippen LogP contribution in [0.15, 0.2) is 6.33 Å². The van der Waals surface area contributed by atoms with Crippen LogP contribution in [0.3, 0.4) is 0 Å². The molecule has 1 aliphatic carbocycles. The maximum absolute atomic E-state index is 12.4. The number of thiophene rings is 1. The molecule has 0 fully saturated rings. The molecule has 0 bridgehead atoms. The number of aromatic nitrogens is 4. The molecule has 0 saturated carbocycles. The van der Waals surface area contributed by atoms with E-state index in [-0.39, 0.29) is 24.4 Å². The van der Waals surface area contributed by atoms with Gasteiger partial charge in [0.05, 0.1) is 18.0 Å². The summed E-state index contributed by atoms with van der Waals surface area (Å²) in [4.78, 5) is 23.7. The van der Waals surface area contributed by atoms with Crippen LogP contribution in [-0.4, -0.2) is 43.2 Å². The van der Waals surface area contributed by atoms with Crippen molar-refractivity contribution in [1.82, 2.24) is 24.9 Å². The maximum Gasteiger partial charge on any atom is 0.291 e. The zero-order valence-electron chi connectivity index (χ0n) is 14.3. The first kappa shape index (κ1) is 16.4. The van der Waals surface area contributed by atoms with Crippen LogP contribution in [0.2, 0.25) is 0 Å². The third kappa shape index (κ3) is 2.79. The van der Waals surface area contributed by atoms with Gasteiger partial charge in [-0.3, -0.25) is 4.79 Å². The summed E-state index contributed by atoms with van der Waals surface area (Å²) in [6.07, 6.45) is 5.58. The Balaban J connectivity index is 1.79. The number of aliphatic hydroxyl groups excluding tert-OH is 1. The van der Waals surface area contributed by atoms with Crippen molar-refractivity contribution < 1.29 is 9.90 Å². The summed E-state index contributed by atoms with van der Waals surface area (Å²) < 4.78 is 1.59. The molecule has 0 unspecified atom stereocenters. The van der Waals surface area contributed by atoms with Gasteiger partial charge in [0.25, 0.3) is 5.91 Å². The number of carbonyl (C=O) groups is 1. The Hall–Kier alpha value is -2.06. The Morgan fingerprint density at radius 2 is 2.40 bits per heavy atom. The average Bonchev–Trinajstić information content (AvgIpc) is 3.19. The van der Waals surface area contributed by atoms with E-state index in [0.29, 0.717) is 18.0 Å². The Kier molecular flexibility index (Phi) is 4.16. The van der Waals surface area contributed by atoms with Crippen LogP contribution in [-0.2, 0) is 12.8 Å². The van der Waals surface area contributed by atoms with Crippen molar-refractivity contribution in [3.05, 3.63) is 22.6 Å². The highest BCUT2D eigenvalue weighted by atomic mass is 32.1. The van der Waals surface area contributed by atoms with E-state index >= 15 is 0 Å². The molecule has 4 rings (SSSR count). The third-order valence-corrected chi connectivity index (χ3v) is 6.08. The fourth-order valence-corrected chi connectivity index (χ4v) is 4.55. The second-order valence-electron chi connectivity index (χ2n) is 6.74. The molecule has 0 saturated heterocycles. The van der Waals surface area contributed by atoms with Gasteiger partial charge < -0.3 is 10.4 Å². The molecule has 0 radical (unpaired) electrons. The monoisotopic (exact) mass is 359 g/mol. The fourth-order valence-electron chi connectivity index (χ4n) is 3.37. The lowest BCUT2D eigenvalue weighted by Crippen LogP contribution is -2.37. The largest absolute Gasteiger partial charge is 0.394 e. The molecule has 7 nitrogen and oxygen atoms in total. The van der Waals surface area contributed by atoms with E-state index in [2.05, 4.69) is 27.3 Å². The first-order valence-corrected chi connectivity index (χ1v) is 9.49. The molecular weight excluding hydrogens is 338 g/mol. The first-order valence-electron chi connectivity index (χ1n) is 8.68. The fraction of sp³-hybridized carbons (Fsp3) is 0.529. The number of hydrogen-bond donors (Lipinski definition) is 2. The summed E-state index contributed by atoms with van der Waals surface area (Å²) >= 11 is 1.73. The quantitative estimate of drug-likeness (QED) is 0.743. The summed E-state index contributed by atoms with van der Waals surface area (Å²) in [6.45, 7) is 4.07. The molecule has 3 aromatic heterocycles. The van der Waals surface area contributed by atoms with Crippen LogP contribution < -0.4 is 5.32 Å². The van der Waals surface area contributed by atoms with E-state index in [1.54, 1.807) is 22.2 Å². The molecule has 3 heterocycles. The Morgan fingerprint density at radius 1 is 1.56 bits per heavy atom. The van der Waals surface area contributed by atoms with Crippen LogP contribution in [0.25, 0.3) is 15.9 Å². The number of amides is 1. The van der Waals surface area contributed by atoms with E-state index < -0.39 is 0 Å². The van der Waals surface area contributed by atoms with Gasteiger partial charge in [0, 0.05) is 4.88 Å². The maximum atomic E-state index is 12.4. The van der Waals surface area contributed by atoms with Crippen LogP contribution in [0, 0.1) is 5.92 Å². The molecule has 132 valence electrons. The van der Waals surface area contributed by atoms with Crippen LogP contribution in [0.5, 0.6) is 0 Å². The number of aliphatic hydroxyl groups is 1. The second-order valence-corrected chi connectivity index (χ2v) is 7.82. The molecule has 3 aromatic rings. The summed E-state index contributed by atoms with van der Waals surface area (Å²) in [6, 6.07) is -0.285. The molecule has 2 atom stereocenters. The second kappa shape index (κ2) is 6.34. The van der Waals surface area contributed by atoms with Crippen molar-refractivity contribution >= 4 is 33.1 Å². The van der Waals surface area contributed by atoms with Crippen molar-refractivity contribution in [3.8, 4) is 0 Å². The van der Waals surface area contributed by atoms with E-state index in [4.69, 9.17) is 0 Å². The summed E-state index contributed by atoms with van der Waals surface area (Å²) in [5.74, 6) is 0.395. The van der Waals surface area contributed by atoms with Crippen molar-refractivity contribution in [2.24, 2.45) is 5.92 Å². The van der Waals surface area contributed by atoms with Crippen molar-refractivity contribution in [1.29, 1.82) is 0 Å². The molecule has 0 aliphatic heterocycles. The lowest BCUT2D eigenvalue weighted by atomic mass is 9.89. The normalized spacial score (nSPS) is 18.4. The van der Waals surface area contributed by atoms with Crippen LogP contribution >= 0.6 is 11.3 Å². The highest BCUT2D eigenvalue weighted by Gasteiger charge is 2.25. The minimum atomic E-state index is -0.366. The lowest BCUT2D eigenvalue weighted by molar-refractivity contribution is 0.0904. The van der Waals surface area contributed by atoms with Gasteiger partial charge in [-0.05, 0) is 37.2 Å². The first-order chi connectivity index (χ1) is 12.1. The Labute approximate surface area is 149 Å². The number of carbonyl (C=O) groups excluding carboxylic acids is 1. The molecule has 25 heavy (non-hydrogen) atoms. The van der Waals surface area contributed by atoms with Crippen molar-refractivity contribution in [2.45, 2.75) is 45.6 Å². The summed E-state index contributed by atoms with van der Waals surface area (Å²) in [7, 11) is 0. The van der Waals surface area contributed by atoms with Gasteiger partial charge in [-0.15, -0.1) is 16.4 Å². The minimum absolute atomic E-state index is 0.0999. The van der Waals surface area contributed by atoms with E-state index in [1.165, 1.54) is 16.9 Å². The van der Waals surface area contributed by atoms with Gasteiger partial charge in [0.15, 0.2) is 5.65 Å². The van der Waals surface area contributed by atoms with Crippen molar-refractivity contribution in [3.63, 3.8) is 0 Å². The smallest absolute Gasteiger partial charge is 0.291 e. The van der Waals surface area contributed by atoms with Gasteiger partial charge in [-0.2, -0.15) is 0 Å². The van der Waals surface area contributed by atoms with Crippen LogP contribution in [0.1, 0.15) is 47.7 Å². The minimum Gasteiger partial charge on any atom is -0.394 e. The van der Waals surface area contributed by atoms with E-state index in [0.717, 1.165) is 23.1 Å². The van der Waals surface area contributed by atoms with Gasteiger partial charge >= 0.3 is 0 Å². The predicted octanol–water partition coefficient (Wildman–Crippen LogP) is 1.96. The number of rotatable bonds is 4. The highest BCUT2D eigenvalue weighted by molar-refractivity contribution is 7.19. The van der Waals surface area contributed by atoms with E-state index in [1.807, 2.05) is 6.92 Å². The van der Waals surface area contributed by atoms with Crippen molar-refractivity contribution in [2.75, 3.05) is 6.61 Å². The Bertz CT molecular complexity index is 943. The van der Waals surface area contributed by atoms with E-state index in [9.17, 15) is 9.90 Å². The zero-order valence-corrected chi connectivity index (χ0v) is 15.1. The summed E-state index contributed by atoms with van der Waals surface area (Å²) in [5.41, 5.74) is 2.01. The number of aryl methyl sites for hydroxylation is 1. The predicted molar refractivity (Wildman–Crippen MR) is 96.0 cm³/mol. The topological polar surface area (TPSA) is 92.4 Å². The Morgan fingerprint density at radius 3 is 3.16 bits per heavy atom. The molecule has 1 aliphatic rings. The molecule has 1 amide bonds. The number of hydrogen-bond acceptors (Lipinski definition) is 6. The molecule has 8 heteroatoms. The number of nitrogens with zero attached hydrogens (tertiary/aromatic N) is 4. The number of nitrogens with one attached hydrogen (secondary N) is 1. The number of fused-ring (bicyclic) bond motifs is 5. The molecule has 2 N–H and O–H groups in total. The van der Waals surface area contributed by atoms with Gasteiger partial charge in [0.2, 0.25) is 5.82 Å². The van der Waals surface area contributed by atoms with Gasteiger partial charge in [-0.1, -0.05) is 13.8 Å². The van der Waals surface area contributed by atoms with Crippen LogP contribution in [0.4, 0.5) is 0 Å². The zero-order chi connectivity index (χ0) is 17.6. The lowest BCUT2D eigenvalue weighted by Gasteiger charge is -2.17. The molecular formula is C17H21N5O2S. The molecule has 0 aromatic carbocycles. The molecule has 0 spiro atoms. The van der Waals surface area contributed by atoms with Gasteiger partial charge in [0.1, 0.15) is 11.2 Å². The summed E-state index contributed by atoms with van der Waals surface area (Å²) in [5, 5.41) is 17.3. The third-order valence-electron chi connectivity index (χ3n) is 4.88. The van der Waals surface area contributed by atoms with Gasteiger partial charge in [-0.25, -0.2) is 14.5 Å². The standard InChI is InChI=1S/C17H21N5O2S/c1-3-10(7-23)19-16(24)14-20-15-13-11-6-9(2)4-5-12(11)25-17(13)18-8-22(15)21-14/h8-10,23H,3-7H2,1-2H3,(H,19,24)/t9-,10-/m1/s1. The highest BCUT2D eigenvalue weighted by Crippen LogP contribution is 2.38.